The number of aromatic carboxylic acids is 1. The molecule has 0 amide bonds. The van der Waals surface area contributed by atoms with E-state index in [9.17, 15) is 9.59 Å². The number of hydrogen-bond donors (Lipinski definition) is 2. The Labute approximate surface area is 123 Å². The van der Waals surface area contributed by atoms with Crippen LogP contribution in [0.15, 0.2) is 54.6 Å². The molecular formula is C17H17NO3. The fourth-order valence-electron chi connectivity index (χ4n) is 2.16. The molecule has 0 spiro atoms. The van der Waals surface area contributed by atoms with Crippen LogP contribution in [0, 0.1) is 0 Å². The second-order valence-electron chi connectivity index (χ2n) is 4.78. The molecule has 0 unspecified atom stereocenters. The van der Waals surface area contributed by atoms with Gasteiger partial charge in [-0.3, -0.25) is 0 Å². The normalized spacial score (nSPS) is 11.8. The molecule has 0 bridgehead atoms. The third-order valence-corrected chi connectivity index (χ3v) is 3.27. The summed E-state index contributed by atoms with van der Waals surface area (Å²) in [4.78, 5) is 22.3. The van der Waals surface area contributed by atoms with Crippen LogP contribution in [-0.2, 0) is 17.8 Å². The Bertz CT molecular complexity index is 610. The molecule has 2 rings (SSSR count). The zero-order chi connectivity index (χ0) is 15.1. The monoisotopic (exact) mass is 283 g/mol. The molecule has 0 aliphatic rings. The molecule has 2 aromatic rings. The number of rotatable bonds is 7. The van der Waals surface area contributed by atoms with E-state index in [-0.39, 0.29) is 11.6 Å². The van der Waals surface area contributed by atoms with Crippen LogP contribution in [0.25, 0.3) is 0 Å². The fraction of sp³-hybridized carbons (Fsp3) is 0.176. The highest BCUT2D eigenvalue weighted by Crippen LogP contribution is 2.09. The molecule has 0 fully saturated rings. The molecule has 0 saturated carbocycles. The molecular weight excluding hydrogens is 266 g/mol. The van der Waals surface area contributed by atoms with Gasteiger partial charge in [0, 0.05) is 6.54 Å². The highest BCUT2D eigenvalue weighted by atomic mass is 16.4. The van der Waals surface area contributed by atoms with Crippen molar-refractivity contribution in [3.05, 3.63) is 71.3 Å². The molecule has 108 valence electrons. The van der Waals surface area contributed by atoms with Crippen molar-refractivity contribution >= 4 is 12.3 Å². The van der Waals surface area contributed by atoms with Crippen molar-refractivity contribution in [2.45, 2.75) is 19.0 Å². The average Bonchev–Trinajstić information content (AvgIpc) is 2.52. The number of carboxylic acids is 1. The number of carbonyl (C=O) groups excluding carboxylic acids is 1. The van der Waals surface area contributed by atoms with Gasteiger partial charge >= 0.3 is 5.97 Å². The lowest BCUT2D eigenvalue weighted by atomic mass is 10.0. The van der Waals surface area contributed by atoms with Crippen molar-refractivity contribution in [1.29, 1.82) is 0 Å². The molecule has 0 heterocycles. The SMILES string of the molecule is O=C[C@@H](Cc1ccccc1)NCc1ccccc1C(=O)O. The molecule has 4 nitrogen and oxygen atoms in total. The van der Waals surface area contributed by atoms with Crippen LogP contribution in [0.1, 0.15) is 21.5 Å². The summed E-state index contributed by atoms with van der Waals surface area (Å²) in [7, 11) is 0. The first-order valence-corrected chi connectivity index (χ1v) is 6.74. The van der Waals surface area contributed by atoms with E-state index in [4.69, 9.17) is 5.11 Å². The van der Waals surface area contributed by atoms with Crippen molar-refractivity contribution in [2.24, 2.45) is 0 Å². The van der Waals surface area contributed by atoms with Gasteiger partial charge in [-0.1, -0.05) is 48.5 Å². The summed E-state index contributed by atoms with van der Waals surface area (Å²) in [5, 5.41) is 12.2. The molecule has 2 aromatic carbocycles. The molecule has 21 heavy (non-hydrogen) atoms. The molecule has 4 heteroatoms. The number of carbonyl (C=O) groups is 2. The number of hydrogen-bond acceptors (Lipinski definition) is 3. The molecule has 2 N–H and O–H groups in total. The highest BCUT2D eigenvalue weighted by molar-refractivity contribution is 5.89. The summed E-state index contributed by atoms with van der Waals surface area (Å²) in [6.07, 6.45) is 1.44. The van der Waals surface area contributed by atoms with Crippen molar-refractivity contribution in [2.75, 3.05) is 0 Å². The van der Waals surface area contributed by atoms with E-state index in [1.807, 2.05) is 30.3 Å². The van der Waals surface area contributed by atoms with E-state index < -0.39 is 5.97 Å². The van der Waals surface area contributed by atoms with Crippen LogP contribution in [0.5, 0.6) is 0 Å². The number of aldehydes is 1. The Morgan fingerprint density at radius 3 is 2.43 bits per heavy atom. The third-order valence-electron chi connectivity index (χ3n) is 3.27. The van der Waals surface area contributed by atoms with Crippen molar-refractivity contribution < 1.29 is 14.7 Å². The molecule has 1 atom stereocenters. The van der Waals surface area contributed by atoms with Crippen LogP contribution in [-0.4, -0.2) is 23.4 Å². The van der Waals surface area contributed by atoms with Gasteiger partial charge in [0.1, 0.15) is 6.29 Å². The lowest BCUT2D eigenvalue weighted by molar-refractivity contribution is -0.109. The lowest BCUT2D eigenvalue weighted by Gasteiger charge is -2.14. The minimum atomic E-state index is -0.960. The minimum absolute atomic E-state index is 0.259. The van der Waals surface area contributed by atoms with E-state index in [0.717, 1.165) is 11.8 Å². The molecule has 0 saturated heterocycles. The summed E-state index contributed by atoms with van der Waals surface area (Å²) >= 11 is 0. The maximum absolute atomic E-state index is 11.2. The van der Waals surface area contributed by atoms with Crippen LogP contribution in [0.2, 0.25) is 0 Å². The van der Waals surface area contributed by atoms with Crippen molar-refractivity contribution in [3.63, 3.8) is 0 Å². The first kappa shape index (κ1) is 14.9. The smallest absolute Gasteiger partial charge is 0.336 e. The van der Waals surface area contributed by atoms with Gasteiger partial charge in [0.05, 0.1) is 11.6 Å². The van der Waals surface area contributed by atoms with Crippen LogP contribution >= 0.6 is 0 Å². The summed E-state index contributed by atoms with van der Waals surface area (Å²) in [6, 6.07) is 16.2. The second kappa shape index (κ2) is 7.36. The van der Waals surface area contributed by atoms with Gasteiger partial charge in [0.15, 0.2) is 0 Å². The highest BCUT2D eigenvalue weighted by Gasteiger charge is 2.12. The van der Waals surface area contributed by atoms with Gasteiger partial charge in [-0.2, -0.15) is 0 Å². The predicted molar refractivity (Wildman–Crippen MR) is 80.2 cm³/mol. The molecule has 0 aliphatic carbocycles. The topological polar surface area (TPSA) is 66.4 Å². The quantitative estimate of drug-likeness (QED) is 0.765. The zero-order valence-electron chi connectivity index (χ0n) is 11.5. The standard InChI is InChI=1S/C17H17NO3/c19-12-15(10-13-6-2-1-3-7-13)18-11-14-8-4-5-9-16(14)17(20)21/h1-9,12,15,18H,10-11H2,(H,20,21)/t15-/m1/s1. The summed E-state index contributed by atoms with van der Waals surface area (Å²) in [6.45, 7) is 0.346. The largest absolute Gasteiger partial charge is 0.478 e. The van der Waals surface area contributed by atoms with Gasteiger partial charge in [-0.25, -0.2) is 4.79 Å². The van der Waals surface area contributed by atoms with Gasteiger partial charge in [0.25, 0.3) is 0 Å². The number of nitrogens with one attached hydrogen (secondary N) is 1. The Morgan fingerprint density at radius 2 is 1.76 bits per heavy atom. The van der Waals surface area contributed by atoms with Crippen LogP contribution in [0.4, 0.5) is 0 Å². The van der Waals surface area contributed by atoms with E-state index >= 15 is 0 Å². The first-order chi connectivity index (χ1) is 10.2. The zero-order valence-corrected chi connectivity index (χ0v) is 11.5. The van der Waals surface area contributed by atoms with Gasteiger partial charge < -0.3 is 15.2 Å². The minimum Gasteiger partial charge on any atom is -0.478 e. The summed E-state index contributed by atoms with van der Waals surface area (Å²) < 4.78 is 0. The summed E-state index contributed by atoms with van der Waals surface area (Å²) in [5.41, 5.74) is 1.99. The molecule has 0 radical (unpaired) electrons. The van der Waals surface area contributed by atoms with Gasteiger partial charge in [-0.05, 0) is 23.6 Å². The summed E-state index contributed by atoms with van der Waals surface area (Å²) in [5.74, 6) is -0.960. The average molecular weight is 283 g/mol. The fourth-order valence-corrected chi connectivity index (χ4v) is 2.16. The molecule has 0 aliphatic heterocycles. The first-order valence-electron chi connectivity index (χ1n) is 6.74. The predicted octanol–water partition coefficient (Wildman–Crippen LogP) is 2.28. The van der Waals surface area contributed by atoms with Gasteiger partial charge in [-0.15, -0.1) is 0 Å². The van der Waals surface area contributed by atoms with Crippen molar-refractivity contribution in [1.82, 2.24) is 5.32 Å². The second-order valence-corrected chi connectivity index (χ2v) is 4.78. The van der Waals surface area contributed by atoms with Gasteiger partial charge in [0.2, 0.25) is 0 Å². The number of benzene rings is 2. The van der Waals surface area contributed by atoms with E-state index in [0.29, 0.717) is 18.5 Å². The number of carboxylic acid groups (broad SMARTS) is 1. The molecule has 0 aromatic heterocycles. The Morgan fingerprint density at radius 1 is 1.10 bits per heavy atom. The Balaban J connectivity index is 2.01. The Kier molecular flexibility index (Phi) is 5.23. The lowest BCUT2D eigenvalue weighted by Crippen LogP contribution is -2.32. The van der Waals surface area contributed by atoms with E-state index in [2.05, 4.69) is 5.32 Å². The van der Waals surface area contributed by atoms with Crippen LogP contribution in [0.3, 0.4) is 0 Å². The Hall–Kier alpha value is -2.46. The third kappa shape index (κ3) is 4.26. The maximum Gasteiger partial charge on any atom is 0.336 e. The van der Waals surface area contributed by atoms with Crippen LogP contribution < -0.4 is 5.32 Å². The van der Waals surface area contributed by atoms with Crippen molar-refractivity contribution in [3.8, 4) is 0 Å². The van der Waals surface area contributed by atoms with E-state index in [1.165, 1.54) is 0 Å². The maximum atomic E-state index is 11.2. The van der Waals surface area contributed by atoms with E-state index in [1.54, 1.807) is 24.3 Å².